The summed E-state index contributed by atoms with van der Waals surface area (Å²) in [5.41, 5.74) is 2.30. The Bertz CT molecular complexity index is 1240. The molecule has 3 amide bonds. The van der Waals surface area contributed by atoms with Crippen molar-refractivity contribution in [1.82, 2.24) is 4.90 Å². The van der Waals surface area contributed by atoms with E-state index in [9.17, 15) is 19.5 Å². The summed E-state index contributed by atoms with van der Waals surface area (Å²) >= 11 is 6.27. The molecule has 3 aromatic carbocycles. The molecule has 3 aromatic rings. The number of carbonyl (C=O) groups excluding carboxylic acids is 3. The van der Waals surface area contributed by atoms with Gasteiger partial charge in [0.05, 0.1) is 11.1 Å². The van der Waals surface area contributed by atoms with Crippen LogP contribution in [0.15, 0.2) is 72.8 Å². The summed E-state index contributed by atoms with van der Waals surface area (Å²) in [6.07, 6.45) is 1.01. The van der Waals surface area contributed by atoms with Crippen molar-refractivity contribution in [2.75, 3.05) is 18.0 Å². The first-order valence-corrected chi connectivity index (χ1v) is 11.6. The van der Waals surface area contributed by atoms with Gasteiger partial charge in [-0.05, 0) is 54.7 Å². The lowest BCUT2D eigenvalue weighted by atomic mass is 9.99. The highest BCUT2D eigenvalue weighted by Crippen LogP contribution is 2.37. The smallest absolute Gasteiger partial charge is 0.262 e. The number of rotatable bonds is 7. The van der Waals surface area contributed by atoms with Gasteiger partial charge >= 0.3 is 0 Å². The van der Waals surface area contributed by atoms with E-state index in [4.69, 9.17) is 11.6 Å². The number of aliphatic hydroxyl groups is 1. The van der Waals surface area contributed by atoms with Crippen molar-refractivity contribution in [2.45, 2.75) is 18.9 Å². The number of carbonyl (C=O) groups is 3. The van der Waals surface area contributed by atoms with Crippen LogP contribution in [0.1, 0.15) is 50.8 Å². The Hall–Kier alpha value is -3.48. The summed E-state index contributed by atoms with van der Waals surface area (Å²) in [6, 6.07) is 20.8. The third kappa shape index (κ3) is 4.22. The zero-order chi connectivity index (χ0) is 23.8. The van der Waals surface area contributed by atoms with Crippen LogP contribution in [0.25, 0.3) is 0 Å². The molecule has 1 unspecified atom stereocenters. The molecule has 0 radical (unpaired) electrons. The number of aliphatic hydroxyl groups excluding tert-OH is 1. The third-order valence-electron chi connectivity index (χ3n) is 6.30. The molecule has 1 heterocycles. The second-order valence-electron chi connectivity index (χ2n) is 8.71. The van der Waals surface area contributed by atoms with Crippen molar-refractivity contribution in [3.63, 3.8) is 0 Å². The normalized spacial score (nSPS) is 15.9. The van der Waals surface area contributed by atoms with Crippen molar-refractivity contribution in [3.05, 3.63) is 100 Å². The van der Waals surface area contributed by atoms with E-state index in [0.717, 1.165) is 17.7 Å². The molecule has 1 N–H and O–H groups in total. The van der Waals surface area contributed by atoms with Gasteiger partial charge < -0.3 is 10.0 Å². The molecule has 2 aliphatic rings. The Morgan fingerprint density at radius 1 is 0.971 bits per heavy atom. The number of fused-ring (bicyclic) bond motifs is 1. The molecule has 1 fully saturated rings. The zero-order valence-corrected chi connectivity index (χ0v) is 19.1. The van der Waals surface area contributed by atoms with Crippen LogP contribution < -0.4 is 4.90 Å². The Labute approximate surface area is 202 Å². The molecule has 1 aliphatic carbocycles. The highest BCUT2D eigenvalue weighted by Gasteiger charge is 2.38. The molecule has 7 heteroatoms. The number of anilines is 1. The monoisotopic (exact) mass is 474 g/mol. The molecule has 34 heavy (non-hydrogen) atoms. The molecule has 1 atom stereocenters. The average Bonchev–Trinajstić information content (AvgIpc) is 3.66. The molecule has 5 rings (SSSR count). The topological polar surface area (TPSA) is 77.9 Å². The van der Waals surface area contributed by atoms with Gasteiger partial charge in [-0.3, -0.25) is 19.3 Å². The first-order valence-electron chi connectivity index (χ1n) is 11.2. The van der Waals surface area contributed by atoms with Crippen LogP contribution in [-0.2, 0) is 4.79 Å². The van der Waals surface area contributed by atoms with Crippen LogP contribution in [0.5, 0.6) is 0 Å². The summed E-state index contributed by atoms with van der Waals surface area (Å²) in [5.74, 6) is -0.990. The number of hydrogen-bond donors (Lipinski definition) is 1. The Kier molecular flexibility index (Phi) is 5.94. The van der Waals surface area contributed by atoms with Gasteiger partial charge in [-0.1, -0.05) is 54.1 Å². The number of halogens is 1. The van der Waals surface area contributed by atoms with Gasteiger partial charge in [-0.15, -0.1) is 0 Å². The van der Waals surface area contributed by atoms with Gasteiger partial charge in [0, 0.05) is 22.8 Å². The van der Waals surface area contributed by atoms with Crippen LogP contribution in [0.4, 0.5) is 5.69 Å². The number of amides is 3. The van der Waals surface area contributed by atoms with E-state index in [1.807, 2.05) is 18.2 Å². The van der Waals surface area contributed by atoms with Gasteiger partial charge in [0.2, 0.25) is 5.91 Å². The predicted octanol–water partition coefficient (Wildman–Crippen LogP) is 4.46. The third-order valence-corrected chi connectivity index (χ3v) is 6.54. The van der Waals surface area contributed by atoms with E-state index in [2.05, 4.69) is 0 Å². The van der Waals surface area contributed by atoms with Crippen molar-refractivity contribution in [1.29, 1.82) is 0 Å². The number of benzene rings is 3. The molecule has 1 aliphatic heterocycles. The minimum atomic E-state index is -0.997. The summed E-state index contributed by atoms with van der Waals surface area (Å²) in [5, 5.41) is 11.6. The van der Waals surface area contributed by atoms with Gasteiger partial charge in [-0.25, -0.2) is 0 Å². The fraction of sp³-hybridized carbons (Fsp3) is 0.222. The number of nitrogens with zero attached hydrogens (tertiary/aromatic N) is 2. The second-order valence-corrected chi connectivity index (χ2v) is 9.14. The lowest BCUT2D eigenvalue weighted by Crippen LogP contribution is -2.44. The molecule has 0 spiro atoms. The molecule has 172 valence electrons. The highest BCUT2D eigenvalue weighted by molar-refractivity contribution is 6.30. The van der Waals surface area contributed by atoms with Crippen LogP contribution in [-0.4, -0.2) is 40.8 Å². The van der Waals surface area contributed by atoms with E-state index in [-0.39, 0.29) is 12.5 Å². The second kappa shape index (κ2) is 9.05. The van der Waals surface area contributed by atoms with Crippen LogP contribution >= 0.6 is 11.6 Å². The predicted molar refractivity (Wildman–Crippen MR) is 129 cm³/mol. The standard InChI is InChI=1S/C27H23ClN2O4/c28-19-12-13-23(22(14-19)25(32)18-6-2-1-3-7-18)29(15-17-10-11-17)24(31)16-30-26(33)20-8-4-5-9-21(20)27(30)34/h1-9,12-14,17,25,32H,10-11,15-16H2. The minimum Gasteiger partial charge on any atom is -0.384 e. The molecule has 1 saturated carbocycles. The molecular formula is C27H23ClN2O4. The summed E-state index contributed by atoms with van der Waals surface area (Å²) in [4.78, 5) is 41.8. The minimum absolute atomic E-state index is 0.306. The fourth-order valence-corrected chi connectivity index (χ4v) is 4.48. The first-order chi connectivity index (χ1) is 16.4. The molecule has 0 aromatic heterocycles. The first kappa shape index (κ1) is 22.3. The molecule has 6 nitrogen and oxygen atoms in total. The van der Waals surface area contributed by atoms with Crippen LogP contribution in [0.3, 0.4) is 0 Å². The van der Waals surface area contributed by atoms with E-state index in [1.54, 1.807) is 59.5 Å². The lowest BCUT2D eigenvalue weighted by molar-refractivity contribution is -0.119. The molecule has 0 saturated heterocycles. The van der Waals surface area contributed by atoms with Gasteiger partial charge in [-0.2, -0.15) is 0 Å². The summed E-state index contributed by atoms with van der Waals surface area (Å²) in [6.45, 7) is 0.0701. The van der Waals surface area contributed by atoms with E-state index < -0.39 is 17.9 Å². The number of imide groups is 1. The molecular weight excluding hydrogens is 452 g/mol. The van der Waals surface area contributed by atoms with Crippen LogP contribution in [0, 0.1) is 5.92 Å². The van der Waals surface area contributed by atoms with Gasteiger partial charge in [0.15, 0.2) is 0 Å². The van der Waals surface area contributed by atoms with Crippen molar-refractivity contribution in [2.24, 2.45) is 5.92 Å². The Morgan fingerprint density at radius 3 is 2.21 bits per heavy atom. The maximum Gasteiger partial charge on any atom is 0.262 e. The quantitative estimate of drug-likeness (QED) is 0.513. The average molecular weight is 475 g/mol. The van der Waals surface area contributed by atoms with Gasteiger partial charge in [0.1, 0.15) is 12.6 Å². The highest BCUT2D eigenvalue weighted by atomic mass is 35.5. The van der Waals surface area contributed by atoms with Crippen molar-refractivity contribution < 1.29 is 19.5 Å². The Balaban J connectivity index is 1.48. The van der Waals surface area contributed by atoms with Crippen LogP contribution in [0.2, 0.25) is 5.02 Å². The van der Waals surface area contributed by atoms with Crippen molar-refractivity contribution >= 4 is 35.0 Å². The van der Waals surface area contributed by atoms with E-state index in [0.29, 0.717) is 45.4 Å². The summed E-state index contributed by atoms with van der Waals surface area (Å²) in [7, 11) is 0. The number of hydrogen-bond acceptors (Lipinski definition) is 4. The zero-order valence-electron chi connectivity index (χ0n) is 18.4. The fourth-order valence-electron chi connectivity index (χ4n) is 4.30. The van der Waals surface area contributed by atoms with E-state index in [1.165, 1.54) is 0 Å². The molecule has 0 bridgehead atoms. The van der Waals surface area contributed by atoms with Gasteiger partial charge in [0.25, 0.3) is 11.8 Å². The van der Waals surface area contributed by atoms with E-state index >= 15 is 0 Å². The summed E-state index contributed by atoms with van der Waals surface area (Å²) < 4.78 is 0. The largest absolute Gasteiger partial charge is 0.384 e. The van der Waals surface area contributed by atoms with Crippen molar-refractivity contribution in [3.8, 4) is 0 Å². The SMILES string of the molecule is O=C1c2ccccc2C(=O)N1CC(=O)N(CC1CC1)c1ccc(Cl)cc1C(O)c1ccccc1. The Morgan fingerprint density at radius 2 is 1.59 bits per heavy atom. The maximum atomic E-state index is 13.6. The lowest BCUT2D eigenvalue weighted by Gasteiger charge is -2.28. The maximum absolute atomic E-state index is 13.6.